The molecule has 1 aromatic heterocycles. The van der Waals surface area contributed by atoms with Crippen molar-refractivity contribution in [1.29, 1.82) is 0 Å². The summed E-state index contributed by atoms with van der Waals surface area (Å²) in [6.45, 7) is 1.89. The van der Waals surface area contributed by atoms with Crippen LogP contribution in [0.4, 0.5) is 8.78 Å². The van der Waals surface area contributed by atoms with Crippen LogP contribution >= 0.6 is 0 Å². The summed E-state index contributed by atoms with van der Waals surface area (Å²) >= 11 is 0. The normalized spacial score (nSPS) is 11.3. The molecular weight excluding hydrogens is 382 g/mol. The van der Waals surface area contributed by atoms with Gasteiger partial charge in [0.1, 0.15) is 23.0 Å². The Morgan fingerprint density at radius 3 is 2.30 bits per heavy atom. The predicted molar refractivity (Wildman–Crippen MR) is 113 cm³/mol. The van der Waals surface area contributed by atoms with Crippen LogP contribution in [0.15, 0.2) is 78.9 Å². The number of aromatic nitrogens is 2. The molecule has 0 amide bonds. The highest BCUT2D eigenvalue weighted by Crippen LogP contribution is 2.30. The molecule has 0 saturated heterocycles. The third-order valence-electron chi connectivity index (χ3n) is 5.27. The number of rotatable bonds is 2. The Bertz CT molecular complexity index is 1430. The van der Waals surface area contributed by atoms with Crippen LogP contribution in [0.5, 0.6) is 0 Å². The number of fused-ring (bicyclic) bond motifs is 2. The maximum Gasteiger partial charge on any atom is 0.270 e. The molecule has 1 heterocycles. The summed E-state index contributed by atoms with van der Waals surface area (Å²) in [5.74, 6) is -2.25. The molecule has 3 nitrogen and oxygen atoms in total. The molecule has 146 valence electrons. The lowest BCUT2D eigenvalue weighted by atomic mass is 10.1. The number of halogens is 2. The van der Waals surface area contributed by atoms with E-state index in [1.54, 1.807) is 12.1 Å². The third kappa shape index (κ3) is 2.78. The SMILES string of the molecule is Cc1cccc2c1nc(-c1ccc3ccccc3c1)n2C(=O)c1c(F)cccc1F. The summed E-state index contributed by atoms with van der Waals surface area (Å²) in [7, 11) is 0. The lowest BCUT2D eigenvalue weighted by Crippen LogP contribution is -2.17. The fraction of sp³-hybridized carbons (Fsp3) is 0.0400. The van der Waals surface area contributed by atoms with Crippen molar-refractivity contribution in [3.63, 3.8) is 0 Å². The summed E-state index contributed by atoms with van der Waals surface area (Å²) in [4.78, 5) is 18.1. The van der Waals surface area contributed by atoms with Crippen LogP contribution in [0.2, 0.25) is 0 Å². The Labute approximate surface area is 171 Å². The standard InChI is InChI=1S/C25H16F2N2O/c1-15-6-4-11-21-23(15)28-24(18-13-12-16-7-2-3-8-17(16)14-18)29(21)25(30)22-19(26)9-5-10-20(22)27/h2-14H,1H3. The topological polar surface area (TPSA) is 34.9 Å². The minimum atomic E-state index is -0.904. The van der Waals surface area contributed by atoms with E-state index in [0.717, 1.165) is 28.5 Å². The smallest absolute Gasteiger partial charge is 0.268 e. The molecule has 0 N–H and O–H groups in total. The van der Waals surface area contributed by atoms with Gasteiger partial charge in [-0.1, -0.05) is 54.6 Å². The number of carbonyl (C=O) groups excluding carboxylic acids is 1. The first-order chi connectivity index (χ1) is 14.5. The number of hydrogen-bond donors (Lipinski definition) is 0. The number of nitrogens with zero attached hydrogens (tertiary/aromatic N) is 2. The van der Waals surface area contributed by atoms with E-state index in [4.69, 9.17) is 4.98 Å². The minimum Gasteiger partial charge on any atom is -0.268 e. The first kappa shape index (κ1) is 18.2. The van der Waals surface area contributed by atoms with Crippen molar-refractivity contribution < 1.29 is 13.6 Å². The summed E-state index contributed by atoms with van der Waals surface area (Å²) in [5, 5.41) is 2.03. The van der Waals surface area contributed by atoms with Crippen LogP contribution in [-0.2, 0) is 0 Å². The monoisotopic (exact) mass is 398 g/mol. The molecule has 0 aliphatic rings. The molecular formula is C25H16F2N2O. The number of hydrogen-bond acceptors (Lipinski definition) is 2. The Morgan fingerprint density at radius 1 is 0.833 bits per heavy atom. The van der Waals surface area contributed by atoms with Gasteiger partial charge in [-0.3, -0.25) is 9.36 Å². The quantitative estimate of drug-likeness (QED) is 0.358. The molecule has 0 atom stereocenters. The van der Waals surface area contributed by atoms with Gasteiger partial charge in [-0.05, 0) is 47.5 Å². The average molecular weight is 398 g/mol. The van der Waals surface area contributed by atoms with Gasteiger partial charge >= 0.3 is 0 Å². The Morgan fingerprint density at radius 2 is 1.53 bits per heavy atom. The fourth-order valence-electron chi connectivity index (χ4n) is 3.78. The highest BCUT2D eigenvalue weighted by molar-refractivity contribution is 6.05. The average Bonchev–Trinajstić information content (AvgIpc) is 3.14. The maximum absolute atomic E-state index is 14.4. The van der Waals surface area contributed by atoms with Crippen molar-refractivity contribution in [2.24, 2.45) is 0 Å². The van der Waals surface area contributed by atoms with Gasteiger partial charge in [-0.15, -0.1) is 0 Å². The van der Waals surface area contributed by atoms with Gasteiger partial charge in [0, 0.05) is 5.56 Å². The molecule has 0 bridgehead atoms. The zero-order valence-electron chi connectivity index (χ0n) is 16.1. The molecule has 5 rings (SSSR count). The molecule has 0 aliphatic carbocycles. The summed E-state index contributed by atoms with van der Waals surface area (Å²) in [6.07, 6.45) is 0. The molecule has 5 heteroatoms. The second kappa shape index (κ2) is 6.88. The molecule has 5 aromatic rings. The highest BCUT2D eigenvalue weighted by atomic mass is 19.1. The fourth-order valence-corrected chi connectivity index (χ4v) is 3.78. The molecule has 0 aliphatic heterocycles. The van der Waals surface area contributed by atoms with E-state index in [1.165, 1.54) is 10.6 Å². The summed E-state index contributed by atoms with van der Waals surface area (Å²) < 4.78 is 30.1. The third-order valence-corrected chi connectivity index (χ3v) is 5.27. The number of imidazole rings is 1. The summed E-state index contributed by atoms with van der Waals surface area (Å²) in [6, 6.07) is 22.4. The number of aryl methyl sites for hydroxylation is 1. The zero-order chi connectivity index (χ0) is 20.8. The first-order valence-corrected chi connectivity index (χ1v) is 9.50. The van der Waals surface area contributed by atoms with E-state index in [0.29, 0.717) is 22.4 Å². The summed E-state index contributed by atoms with van der Waals surface area (Å²) in [5.41, 5.74) is 2.08. The Hall–Kier alpha value is -3.86. The molecule has 4 aromatic carbocycles. The molecule has 0 radical (unpaired) electrons. The Balaban J connectivity index is 1.82. The van der Waals surface area contributed by atoms with E-state index in [1.807, 2.05) is 55.5 Å². The van der Waals surface area contributed by atoms with Crippen LogP contribution in [-0.4, -0.2) is 15.5 Å². The van der Waals surface area contributed by atoms with Crippen molar-refractivity contribution in [2.75, 3.05) is 0 Å². The Kier molecular flexibility index (Phi) is 4.17. The van der Waals surface area contributed by atoms with Crippen molar-refractivity contribution >= 4 is 27.7 Å². The molecule has 0 fully saturated rings. The predicted octanol–water partition coefficient (Wildman–Crippen LogP) is 6.13. The van der Waals surface area contributed by atoms with Crippen LogP contribution in [0.25, 0.3) is 33.2 Å². The molecule has 0 spiro atoms. The van der Waals surface area contributed by atoms with E-state index < -0.39 is 23.1 Å². The number of benzene rings is 4. The van der Waals surface area contributed by atoms with Gasteiger partial charge < -0.3 is 0 Å². The zero-order valence-corrected chi connectivity index (χ0v) is 16.1. The van der Waals surface area contributed by atoms with Gasteiger partial charge in [0.15, 0.2) is 0 Å². The van der Waals surface area contributed by atoms with E-state index >= 15 is 0 Å². The maximum atomic E-state index is 14.4. The van der Waals surface area contributed by atoms with E-state index in [9.17, 15) is 13.6 Å². The van der Waals surface area contributed by atoms with Gasteiger partial charge in [-0.25, -0.2) is 13.8 Å². The molecule has 30 heavy (non-hydrogen) atoms. The van der Waals surface area contributed by atoms with Crippen molar-refractivity contribution in [3.8, 4) is 11.4 Å². The van der Waals surface area contributed by atoms with Gasteiger partial charge in [0.2, 0.25) is 0 Å². The lowest BCUT2D eigenvalue weighted by molar-refractivity contribution is 0.0958. The highest BCUT2D eigenvalue weighted by Gasteiger charge is 2.25. The largest absolute Gasteiger partial charge is 0.270 e. The van der Waals surface area contributed by atoms with Crippen molar-refractivity contribution in [2.45, 2.75) is 6.92 Å². The van der Waals surface area contributed by atoms with Crippen LogP contribution in [0.1, 0.15) is 15.9 Å². The van der Waals surface area contributed by atoms with E-state index in [-0.39, 0.29) is 0 Å². The lowest BCUT2D eigenvalue weighted by Gasteiger charge is -2.10. The molecule has 0 saturated carbocycles. The second-order valence-electron chi connectivity index (χ2n) is 7.18. The van der Waals surface area contributed by atoms with Crippen LogP contribution in [0, 0.1) is 18.6 Å². The minimum absolute atomic E-state index is 0.345. The van der Waals surface area contributed by atoms with Crippen molar-refractivity contribution in [1.82, 2.24) is 9.55 Å². The number of para-hydroxylation sites is 1. The van der Waals surface area contributed by atoms with Gasteiger partial charge in [0.25, 0.3) is 5.91 Å². The van der Waals surface area contributed by atoms with Gasteiger partial charge in [-0.2, -0.15) is 0 Å². The second-order valence-corrected chi connectivity index (χ2v) is 7.18. The van der Waals surface area contributed by atoms with Gasteiger partial charge in [0.05, 0.1) is 11.0 Å². The van der Waals surface area contributed by atoms with Crippen molar-refractivity contribution in [3.05, 3.63) is 102 Å². The van der Waals surface area contributed by atoms with E-state index in [2.05, 4.69) is 0 Å². The van der Waals surface area contributed by atoms with Crippen LogP contribution in [0.3, 0.4) is 0 Å². The number of carbonyl (C=O) groups is 1. The van der Waals surface area contributed by atoms with Crippen LogP contribution < -0.4 is 0 Å². The molecule has 0 unspecified atom stereocenters. The first-order valence-electron chi connectivity index (χ1n) is 9.50.